The number of nitrogens with zero attached hydrogens (tertiary/aromatic N) is 1. The normalized spacial score (nSPS) is 10.1. The van der Waals surface area contributed by atoms with Crippen LogP contribution >= 0.6 is 0 Å². The minimum atomic E-state index is -0.204. The van der Waals surface area contributed by atoms with Crippen LogP contribution in [0.25, 0.3) is 0 Å². The van der Waals surface area contributed by atoms with Gasteiger partial charge in [0.1, 0.15) is 11.5 Å². The number of hydrogen-bond acceptors (Lipinski definition) is 4. The van der Waals surface area contributed by atoms with Crippen LogP contribution in [-0.4, -0.2) is 25.1 Å². The van der Waals surface area contributed by atoms with E-state index in [0.717, 1.165) is 11.3 Å². The van der Waals surface area contributed by atoms with Gasteiger partial charge in [0, 0.05) is 23.5 Å². The number of aryl methyl sites for hydroxylation is 1. The molecule has 0 atom stereocenters. The topological polar surface area (TPSA) is 60.5 Å². The highest BCUT2D eigenvalue weighted by molar-refractivity contribution is 6.06. The van der Waals surface area contributed by atoms with E-state index in [9.17, 15) is 4.79 Å². The third kappa shape index (κ3) is 3.13. The van der Waals surface area contributed by atoms with Crippen LogP contribution in [0.2, 0.25) is 0 Å². The highest BCUT2D eigenvalue weighted by atomic mass is 16.5. The third-order valence-corrected chi connectivity index (χ3v) is 3.36. The molecule has 0 aliphatic heterocycles. The molecule has 110 valence electrons. The van der Waals surface area contributed by atoms with Crippen molar-refractivity contribution in [1.82, 2.24) is 4.98 Å². The molecule has 1 aromatic carbocycles. The molecule has 1 amide bonds. The zero-order chi connectivity index (χ0) is 15.4. The Morgan fingerprint density at radius 1 is 1.14 bits per heavy atom. The van der Waals surface area contributed by atoms with Crippen molar-refractivity contribution in [2.45, 2.75) is 13.8 Å². The summed E-state index contributed by atoms with van der Waals surface area (Å²) in [7, 11) is 3.13. The number of rotatable bonds is 4. The molecule has 5 heteroatoms. The Labute approximate surface area is 123 Å². The molecule has 0 saturated carbocycles. The molecule has 1 N–H and O–H groups in total. The number of amides is 1. The molecule has 0 radical (unpaired) electrons. The number of anilines is 1. The van der Waals surface area contributed by atoms with E-state index in [1.165, 1.54) is 0 Å². The van der Waals surface area contributed by atoms with Crippen LogP contribution in [0.15, 0.2) is 30.5 Å². The van der Waals surface area contributed by atoms with Crippen molar-refractivity contribution in [3.05, 3.63) is 47.3 Å². The lowest BCUT2D eigenvalue weighted by atomic mass is 10.1. The first kappa shape index (κ1) is 14.8. The number of aromatic nitrogens is 1. The van der Waals surface area contributed by atoms with Gasteiger partial charge in [-0.05, 0) is 37.6 Å². The number of carbonyl (C=O) groups is 1. The zero-order valence-corrected chi connectivity index (χ0v) is 12.6. The Morgan fingerprint density at radius 3 is 2.57 bits per heavy atom. The minimum absolute atomic E-state index is 0.204. The summed E-state index contributed by atoms with van der Waals surface area (Å²) in [5.74, 6) is 1.02. The van der Waals surface area contributed by atoms with Crippen molar-refractivity contribution in [2.75, 3.05) is 19.5 Å². The van der Waals surface area contributed by atoms with Gasteiger partial charge >= 0.3 is 0 Å². The fraction of sp³-hybridized carbons (Fsp3) is 0.250. The van der Waals surface area contributed by atoms with Gasteiger partial charge in [-0.15, -0.1) is 0 Å². The fourth-order valence-electron chi connectivity index (χ4n) is 1.99. The van der Waals surface area contributed by atoms with Crippen molar-refractivity contribution >= 4 is 11.6 Å². The van der Waals surface area contributed by atoms with Crippen LogP contribution in [0.1, 0.15) is 21.6 Å². The monoisotopic (exact) mass is 286 g/mol. The van der Waals surface area contributed by atoms with E-state index in [1.54, 1.807) is 44.7 Å². The molecule has 0 saturated heterocycles. The molecule has 0 fully saturated rings. The number of ether oxygens (including phenoxy) is 2. The molecule has 1 aromatic heterocycles. The van der Waals surface area contributed by atoms with E-state index in [1.807, 2.05) is 13.8 Å². The molecule has 1 heterocycles. The summed E-state index contributed by atoms with van der Waals surface area (Å²) in [6.07, 6.45) is 1.63. The molecular formula is C16H18N2O3. The zero-order valence-electron chi connectivity index (χ0n) is 12.6. The summed E-state index contributed by atoms with van der Waals surface area (Å²) in [5, 5.41) is 2.85. The van der Waals surface area contributed by atoms with Gasteiger partial charge in [0.15, 0.2) is 0 Å². The van der Waals surface area contributed by atoms with Crippen LogP contribution in [0, 0.1) is 13.8 Å². The highest BCUT2D eigenvalue weighted by Crippen LogP contribution is 2.29. The molecule has 21 heavy (non-hydrogen) atoms. The minimum Gasteiger partial charge on any atom is -0.497 e. The van der Waals surface area contributed by atoms with Crippen molar-refractivity contribution in [1.29, 1.82) is 0 Å². The number of nitrogens with one attached hydrogen (secondary N) is 1. The average molecular weight is 286 g/mol. The Bertz CT molecular complexity index is 669. The Balaban J connectivity index is 2.33. The molecule has 0 spiro atoms. The van der Waals surface area contributed by atoms with Crippen LogP contribution in [0.4, 0.5) is 5.69 Å². The molecule has 0 aliphatic carbocycles. The van der Waals surface area contributed by atoms with E-state index < -0.39 is 0 Å². The highest BCUT2D eigenvalue weighted by Gasteiger charge is 2.14. The summed E-state index contributed by atoms with van der Waals surface area (Å²) in [5.41, 5.74) is 2.85. The molecule has 0 aliphatic rings. The number of pyridine rings is 1. The lowest BCUT2D eigenvalue weighted by molar-refractivity contribution is 0.102. The van der Waals surface area contributed by atoms with Crippen LogP contribution < -0.4 is 14.8 Å². The quantitative estimate of drug-likeness (QED) is 0.938. The van der Waals surface area contributed by atoms with Gasteiger partial charge in [-0.2, -0.15) is 0 Å². The maximum Gasteiger partial charge on any atom is 0.256 e. The maximum absolute atomic E-state index is 12.4. The summed E-state index contributed by atoms with van der Waals surface area (Å²) in [6.45, 7) is 3.75. The first-order valence-electron chi connectivity index (χ1n) is 6.52. The fourth-order valence-corrected chi connectivity index (χ4v) is 1.99. The molecule has 2 rings (SSSR count). The van der Waals surface area contributed by atoms with Crippen molar-refractivity contribution in [3.8, 4) is 11.5 Å². The summed E-state index contributed by atoms with van der Waals surface area (Å²) >= 11 is 0. The Morgan fingerprint density at radius 2 is 1.90 bits per heavy atom. The van der Waals surface area contributed by atoms with Gasteiger partial charge < -0.3 is 14.8 Å². The first-order valence-corrected chi connectivity index (χ1v) is 6.52. The SMILES string of the molecule is COc1ccc(OC)c(NC(=O)c2ccnc(C)c2C)c1. The largest absolute Gasteiger partial charge is 0.497 e. The van der Waals surface area contributed by atoms with E-state index in [0.29, 0.717) is 22.7 Å². The molecule has 0 bridgehead atoms. The van der Waals surface area contributed by atoms with Gasteiger partial charge in [0.05, 0.1) is 19.9 Å². The predicted molar refractivity (Wildman–Crippen MR) is 81.2 cm³/mol. The Hall–Kier alpha value is -2.56. The first-order chi connectivity index (χ1) is 10.1. The number of methoxy groups -OCH3 is 2. The van der Waals surface area contributed by atoms with Gasteiger partial charge in [-0.25, -0.2) is 0 Å². The van der Waals surface area contributed by atoms with E-state index in [-0.39, 0.29) is 5.91 Å². The number of hydrogen-bond donors (Lipinski definition) is 1. The smallest absolute Gasteiger partial charge is 0.256 e. The lowest BCUT2D eigenvalue weighted by Gasteiger charge is -2.13. The van der Waals surface area contributed by atoms with Gasteiger partial charge in [-0.1, -0.05) is 0 Å². The second-order valence-corrected chi connectivity index (χ2v) is 4.59. The maximum atomic E-state index is 12.4. The second-order valence-electron chi connectivity index (χ2n) is 4.59. The Kier molecular flexibility index (Phi) is 4.42. The van der Waals surface area contributed by atoms with E-state index >= 15 is 0 Å². The van der Waals surface area contributed by atoms with Crippen molar-refractivity contribution < 1.29 is 14.3 Å². The lowest BCUT2D eigenvalue weighted by Crippen LogP contribution is -2.15. The number of benzene rings is 1. The molecular weight excluding hydrogens is 268 g/mol. The summed E-state index contributed by atoms with van der Waals surface area (Å²) in [6, 6.07) is 6.94. The standard InChI is InChI=1S/C16H18N2O3/c1-10-11(2)17-8-7-13(10)16(19)18-14-9-12(20-3)5-6-15(14)21-4/h5-9H,1-4H3,(H,18,19). The predicted octanol–water partition coefficient (Wildman–Crippen LogP) is 2.97. The summed E-state index contributed by atoms with van der Waals surface area (Å²) < 4.78 is 10.4. The number of carbonyl (C=O) groups excluding carboxylic acids is 1. The molecule has 2 aromatic rings. The molecule has 0 unspecified atom stereocenters. The van der Waals surface area contributed by atoms with Crippen LogP contribution in [-0.2, 0) is 0 Å². The van der Waals surface area contributed by atoms with Gasteiger partial charge in [-0.3, -0.25) is 9.78 Å². The van der Waals surface area contributed by atoms with E-state index in [4.69, 9.17) is 9.47 Å². The van der Waals surface area contributed by atoms with Crippen LogP contribution in [0.5, 0.6) is 11.5 Å². The van der Waals surface area contributed by atoms with Crippen molar-refractivity contribution in [3.63, 3.8) is 0 Å². The molecule has 5 nitrogen and oxygen atoms in total. The van der Waals surface area contributed by atoms with Gasteiger partial charge in [0.2, 0.25) is 0 Å². The van der Waals surface area contributed by atoms with Crippen LogP contribution in [0.3, 0.4) is 0 Å². The second kappa shape index (κ2) is 6.26. The van der Waals surface area contributed by atoms with E-state index in [2.05, 4.69) is 10.3 Å². The third-order valence-electron chi connectivity index (χ3n) is 3.36. The van der Waals surface area contributed by atoms with Gasteiger partial charge in [0.25, 0.3) is 5.91 Å². The van der Waals surface area contributed by atoms with Crippen molar-refractivity contribution in [2.24, 2.45) is 0 Å². The summed E-state index contributed by atoms with van der Waals surface area (Å²) in [4.78, 5) is 16.6. The average Bonchev–Trinajstić information content (AvgIpc) is 2.49.